The first kappa shape index (κ1) is 30.8. The van der Waals surface area contributed by atoms with Crippen molar-refractivity contribution in [1.82, 2.24) is 10.6 Å². The summed E-state index contributed by atoms with van der Waals surface area (Å²) in [5.41, 5.74) is 2.32. The Labute approximate surface area is 235 Å². The van der Waals surface area contributed by atoms with Gasteiger partial charge in [0, 0.05) is 74.9 Å². The lowest BCUT2D eigenvalue weighted by Gasteiger charge is -2.27. The van der Waals surface area contributed by atoms with E-state index in [-0.39, 0.29) is 35.5 Å². The Morgan fingerprint density at radius 2 is 0.975 bits per heavy atom. The van der Waals surface area contributed by atoms with E-state index >= 15 is 0 Å². The van der Waals surface area contributed by atoms with Crippen molar-refractivity contribution in [3.05, 3.63) is 59.7 Å². The van der Waals surface area contributed by atoms with E-state index in [1.54, 1.807) is 62.8 Å². The van der Waals surface area contributed by atoms with Crippen LogP contribution in [0.1, 0.15) is 59.2 Å². The standard InChI is InChI=1S/C30H40N4O6/c1-39-19-3-17-31-27(35)21-9-13-25(14-10-21)33-29(37)23-5-7-24(8-6-23)30(38)34-26-15-11-22(12-16-26)28(36)32-18-4-20-40-2/h9-16,23-24H,3-8,17-20H2,1-2H3,(H,31,35)(H,32,36)(H,33,37)(H,34,38). The highest BCUT2D eigenvalue weighted by molar-refractivity contribution is 5.97. The van der Waals surface area contributed by atoms with Gasteiger partial charge in [0.1, 0.15) is 0 Å². The number of anilines is 2. The fraction of sp³-hybridized carbons (Fsp3) is 0.467. The molecule has 2 aromatic rings. The van der Waals surface area contributed by atoms with Crippen molar-refractivity contribution in [3.63, 3.8) is 0 Å². The highest BCUT2D eigenvalue weighted by atomic mass is 16.5. The number of methoxy groups -OCH3 is 2. The van der Waals surface area contributed by atoms with E-state index in [0.29, 0.717) is 74.5 Å². The molecule has 216 valence electrons. The van der Waals surface area contributed by atoms with Crippen molar-refractivity contribution >= 4 is 35.0 Å². The number of amides is 4. The summed E-state index contributed by atoms with van der Waals surface area (Å²) in [7, 11) is 3.24. The Morgan fingerprint density at radius 3 is 1.30 bits per heavy atom. The molecular formula is C30H40N4O6. The maximum atomic E-state index is 12.8. The minimum Gasteiger partial charge on any atom is -0.385 e. The van der Waals surface area contributed by atoms with Gasteiger partial charge in [-0.2, -0.15) is 0 Å². The monoisotopic (exact) mass is 552 g/mol. The van der Waals surface area contributed by atoms with Crippen LogP contribution >= 0.6 is 0 Å². The molecule has 4 N–H and O–H groups in total. The van der Waals surface area contributed by atoms with Crippen molar-refractivity contribution in [1.29, 1.82) is 0 Å². The van der Waals surface area contributed by atoms with Gasteiger partial charge >= 0.3 is 0 Å². The third-order valence-electron chi connectivity index (χ3n) is 6.92. The molecule has 0 aromatic heterocycles. The first-order valence-electron chi connectivity index (χ1n) is 13.8. The summed E-state index contributed by atoms with van der Waals surface area (Å²) in [5, 5.41) is 11.5. The molecule has 0 unspecified atom stereocenters. The van der Waals surface area contributed by atoms with E-state index in [4.69, 9.17) is 9.47 Å². The second kappa shape index (κ2) is 16.4. The molecule has 1 aliphatic rings. The predicted molar refractivity (Wildman–Crippen MR) is 153 cm³/mol. The first-order valence-corrected chi connectivity index (χ1v) is 13.8. The number of carbonyl (C=O) groups excluding carboxylic acids is 4. The SMILES string of the molecule is COCCCNC(=O)c1ccc(NC(=O)C2CCC(C(=O)Nc3ccc(C(=O)NCCCOC)cc3)CC2)cc1. The number of nitrogens with one attached hydrogen (secondary N) is 4. The molecule has 0 spiro atoms. The van der Waals surface area contributed by atoms with Gasteiger partial charge in [0.2, 0.25) is 11.8 Å². The maximum Gasteiger partial charge on any atom is 0.251 e. The highest BCUT2D eigenvalue weighted by Crippen LogP contribution is 2.30. The van der Waals surface area contributed by atoms with Crippen LogP contribution in [0.4, 0.5) is 11.4 Å². The number of hydrogen-bond acceptors (Lipinski definition) is 6. The Hall–Kier alpha value is -3.76. The van der Waals surface area contributed by atoms with E-state index in [1.807, 2.05) is 0 Å². The third kappa shape index (κ3) is 9.77. The zero-order chi connectivity index (χ0) is 28.7. The minimum absolute atomic E-state index is 0.0771. The zero-order valence-corrected chi connectivity index (χ0v) is 23.3. The molecule has 3 rings (SSSR count). The molecule has 10 nitrogen and oxygen atoms in total. The second-order valence-corrected chi connectivity index (χ2v) is 9.89. The van der Waals surface area contributed by atoms with Crippen LogP contribution in [0.2, 0.25) is 0 Å². The molecule has 0 saturated heterocycles. The Kier molecular flexibility index (Phi) is 12.6. The Balaban J connectivity index is 1.39. The molecule has 4 amide bonds. The normalized spacial score (nSPS) is 16.6. The van der Waals surface area contributed by atoms with Gasteiger partial charge in [-0.05, 0) is 87.1 Å². The molecule has 0 atom stereocenters. The molecule has 10 heteroatoms. The van der Waals surface area contributed by atoms with Crippen LogP contribution in [0, 0.1) is 11.8 Å². The van der Waals surface area contributed by atoms with Crippen LogP contribution in [0.15, 0.2) is 48.5 Å². The van der Waals surface area contributed by atoms with Gasteiger partial charge in [0.25, 0.3) is 11.8 Å². The number of carbonyl (C=O) groups is 4. The van der Waals surface area contributed by atoms with Crippen molar-refractivity contribution in [2.75, 3.05) is 51.2 Å². The topological polar surface area (TPSA) is 135 Å². The van der Waals surface area contributed by atoms with Gasteiger partial charge in [-0.25, -0.2) is 0 Å². The number of hydrogen-bond donors (Lipinski definition) is 4. The lowest BCUT2D eigenvalue weighted by atomic mass is 9.81. The van der Waals surface area contributed by atoms with Crippen LogP contribution in [-0.4, -0.2) is 64.2 Å². The van der Waals surface area contributed by atoms with Crippen molar-refractivity contribution in [2.45, 2.75) is 38.5 Å². The summed E-state index contributed by atoms with van der Waals surface area (Å²) >= 11 is 0. The second-order valence-electron chi connectivity index (χ2n) is 9.89. The van der Waals surface area contributed by atoms with Crippen LogP contribution < -0.4 is 21.3 Å². The molecule has 0 radical (unpaired) electrons. The average Bonchev–Trinajstić information content (AvgIpc) is 2.98. The molecule has 0 bridgehead atoms. The lowest BCUT2D eigenvalue weighted by Crippen LogP contribution is -2.32. The molecule has 1 saturated carbocycles. The fourth-order valence-electron chi connectivity index (χ4n) is 4.56. The molecular weight excluding hydrogens is 512 g/mol. The van der Waals surface area contributed by atoms with Crippen LogP contribution in [-0.2, 0) is 19.1 Å². The third-order valence-corrected chi connectivity index (χ3v) is 6.92. The highest BCUT2D eigenvalue weighted by Gasteiger charge is 2.30. The molecule has 0 aliphatic heterocycles. The maximum absolute atomic E-state index is 12.8. The van der Waals surface area contributed by atoms with Gasteiger partial charge in [-0.3, -0.25) is 19.2 Å². The molecule has 1 fully saturated rings. The summed E-state index contributed by atoms with van der Waals surface area (Å²) < 4.78 is 9.95. The van der Waals surface area contributed by atoms with Crippen molar-refractivity contribution < 1.29 is 28.7 Å². The predicted octanol–water partition coefficient (Wildman–Crippen LogP) is 3.60. The van der Waals surface area contributed by atoms with Crippen LogP contribution in [0.5, 0.6) is 0 Å². The van der Waals surface area contributed by atoms with E-state index in [2.05, 4.69) is 21.3 Å². The van der Waals surface area contributed by atoms with Gasteiger partial charge in [0.15, 0.2) is 0 Å². The van der Waals surface area contributed by atoms with Crippen molar-refractivity contribution in [2.24, 2.45) is 11.8 Å². The summed E-state index contributed by atoms with van der Waals surface area (Å²) in [4.78, 5) is 50.0. The van der Waals surface area contributed by atoms with Gasteiger partial charge in [-0.1, -0.05) is 0 Å². The Morgan fingerprint density at radius 1 is 0.625 bits per heavy atom. The first-order chi connectivity index (χ1) is 19.4. The average molecular weight is 553 g/mol. The van der Waals surface area contributed by atoms with Gasteiger partial charge < -0.3 is 30.7 Å². The summed E-state index contributed by atoms with van der Waals surface area (Å²) in [6.07, 6.45) is 3.96. The molecule has 0 heterocycles. The minimum atomic E-state index is -0.172. The van der Waals surface area contributed by atoms with Gasteiger partial charge in [0.05, 0.1) is 0 Å². The smallest absolute Gasteiger partial charge is 0.251 e. The number of rotatable bonds is 14. The van der Waals surface area contributed by atoms with Crippen LogP contribution in [0.3, 0.4) is 0 Å². The Bertz CT molecular complexity index is 1020. The largest absolute Gasteiger partial charge is 0.385 e. The number of benzene rings is 2. The molecule has 40 heavy (non-hydrogen) atoms. The molecule has 1 aliphatic carbocycles. The summed E-state index contributed by atoms with van der Waals surface area (Å²) in [5.74, 6) is -0.830. The van der Waals surface area contributed by atoms with E-state index in [1.165, 1.54) is 0 Å². The van der Waals surface area contributed by atoms with E-state index < -0.39 is 0 Å². The van der Waals surface area contributed by atoms with Gasteiger partial charge in [-0.15, -0.1) is 0 Å². The fourth-order valence-corrected chi connectivity index (χ4v) is 4.56. The summed E-state index contributed by atoms with van der Waals surface area (Å²) in [6.45, 7) is 2.24. The van der Waals surface area contributed by atoms with E-state index in [9.17, 15) is 19.2 Å². The molecule has 2 aromatic carbocycles. The van der Waals surface area contributed by atoms with E-state index in [0.717, 1.165) is 12.8 Å². The zero-order valence-electron chi connectivity index (χ0n) is 23.3. The van der Waals surface area contributed by atoms with Crippen LogP contribution in [0.25, 0.3) is 0 Å². The lowest BCUT2D eigenvalue weighted by molar-refractivity contribution is -0.125. The summed E-state index contributed by atoms with van der Waals surface area (Å²) in [6, 6.07) is 13.6. The van der Waals surface area contributed by atoms with Crippen molar-refractivity contribution in [3.8, 4) is 0 Å². The number of ether oxygens (including phenoxy) is 2. The quantitative estimate of drug-likeness (QED) is 0.265.